The molecule has 0 aromatic heterocycles. The van der Waals surface area contributed by atoms with Crippen LogP contribution in [0.15, 0.2) is 48.5 Å². The number of hydrogen-bond acceptors (Lipinski definition) is 3. The molecule has 0 heterocycles. The van der Waals surface area contributed by atoms with Gasteiger partial charge in [-0.25, -0.2) is 13.6 Å². The molecular formula is C22H25F2NO3. The van der Waals surface area contributed by atoms with E-state index < -0.39 is 29.4 Å². The lowest BCUT2D eigenvalue weighted by Crippen LogP contribution is -2.44. The van der Waals surface area contributed by atoms with Crippen LogP contribution in [0.4, 0.5) is 13.6 Å². The average Bonchev–Trinajstić information content (AvgIpc) is 2.57. The maximum Gasteiger partial charge on any atom is 0.408 e. The zero-order valence-electron chi connectivity index (χ0n) is 16.3. The van der Waals surface area contributed by atoms with Gasteiger partial charge in [-0.1, -0.05) is 30.3 Å². The van der Waals surface area contributed by atoms with Crippen molar-refractivity contribution in [2.45, 2.75) is 51.7 Å². The number of amides is 1. The first-order valence-corrected chi connectivity index (χ1v) is 9.13. The minimum absolute atomic E-state index is 0.0262. The number of ketones is 1. The molecule has 2 rings (SSSR count). The summed E-state index contributed by atoms with van der Waals surface area (Å²) in [5.74, 6) is -1.70. The standard InChI is InChI=1S/C22H25F2NO3/c1-22(2,3)28-21(27)25-19(13-16-11-17(23)14-18(24)12-16)20(26)10-9-15-7-5-4-6-8-15/h4-8,11-12,14,19H,9-10,13H2,1-3H3,(H,25,27)/t19-/m0/s1. The lowest BCUT2D eigenvalue weighted by molar-refractivity contribution is -0.121. The van der Waals surface area contributed by atoms with Gasteiger partial charge in [0.15, 0.2) is 5.78 Å². The van der Waals surface area contributed by atoms with Gasteiger partial charge in [-0.2, -0.15) is 0 Å². The number of aryl methyl sites for hydroxylation is 1. The van der Waals surface area contributed by atoms with Gasteiger partial charge in [-0.15, -0.1) is 0 Å². The van der Waals surface area contributed by atoms with E-state index in [2.05, 4.69) is 5.32 Å². The highest BCUT2D eigenvalue weighted by atomic mass is 19.1. The van der Waals surface area contributed by atoms with Gasteiger partial charge in [0.2, 0.25) is 0 Å². The predicted octanol–water partition coefficient (Wildman–Crippen LogP) is 4.60. The SMILES string of the molecule is CC(C)(C)OC(=O)N[C@@H](Cc1cc(F)cc(F)c1)C(=O)CCc1ccccc1. The van der Waals surface area contributed by atoms with Crippen LogP contribution >= 0.6 is 0 Å². The van der Waals surface area contributed by atoms with E-state index in [4.69, 9.17) is 4.74 Å². The van der Waals surface area contributed by atoms with Crippen LogP contribution in [0.1, 0.15) is 38.3 Å². The molecule has 0 radical (unpaired) electrons. The van der Waals surface area contributed by atoms with E-state index in [1.807, 2.05) is 30.3 Å². The summed E-state index contributed by atoms with van der Waals surface area (Å²) in [6, 6.07) is 11.6. The molecule has 0 aliphatic carbocycles. The van der Waals surface area contributed by atoms with Crippen LogP contribution < -0.4 is 5.32 Å². The summed E-state index contributed by atoms with van der Waals surface area (Å²) in [5.41, 5.74) is 0.544. The van der Waals surface area contributed by atoms with Gasteiger partial charge in [0, 0.05) is 18.9 Å². The molecule has 0 unspecified atom stereocenters. The molecule has 0 saturated carbocycles. The average molecular weight is 389 g/mol. The summed E-state index contributed by atoms with van der Waals surface area (Å²) in [7, 11) is 0. The maximum atomic E-state index is 13.5. The third-order valence-electron chi connectivity index (χ3n) is 3.94. The number of hydrogen-bond donors (Lipinski definition) is 1. The third-order valence-corrected chi connectivity index (χ3v) is 3.94. The van der Waals surface area contributed by atoms with Gasteiger partial charge in [-0.05, 0) is 50.5 Å². The van der Waals surface area contributed by atoms with Crippen LogP contribution in [0.2, 0.25) is 0 Å². The number of Topliss-reactive ketones (excluding diaryl/α,β-unsaturated/α-hetero) is 1. The Morgan fingerprint density at radius 2 is 1.61 bits per heavy atom. The van der Waals surface area contributed by atoms with Crippen molar-refractivity contribution in [3.8, 4) is 0 Å². The number of benzene rings is 2. The molecule has 1 amide bonds. The summed E-state index contributed by atoms with van der Waals surface area (Å²) < 4.78 is 32.2. The number of nitrogens with one attached hydrogen (secondary N) is 1. The lowest BCUT2D eigenvalue weighted by Gasteiger charge is -2.23. The van der Waals surface area contributed by atoms with Crippen molar-refractivity contribution in [2.24, 2.45) is 0 Å². The number of carbonyl (C=O) groups excluding carboxylic acids is 2. The van der Waals surface area contributed by atoms with E-state index in [0.717, 1.165) is 23.8 Å². The number of carbonyl (C=O) groups is 2. The molecule has 0 aliphatic heterocycles. The molecule has 2 aromatic carbocycles. The first kappa shape index (κ1) is 21.5. The second kappa shape index (κ2) is 9.44. The van der Waals surface area contributed by atoms with Gasteiger partial charge in [0.1, 0.15) is 17.2 Å². The Kier molecular flexibility index (Phi) is 7.26. The van der Waals surface area contributed by atoms with Gasteiger partial charge >= 0.3 is 6.09 Å². The van der Waals surface area contributed by atoms with Crippen LogP contribution in [0.25, 0.3) is 0 Å². The van der Waals surface area contributed by atoms with Gasteiger partial charge in [-0.3, -0.25) is 4.79 Å². The first-order valence-electron chi connectivity index (χ1n) is 9.13. The largest absolute Gasteiger partial charge is 0.444 e. The molecule has 1 atom stereocenters. The van der Waals surface area contributed by atoms with Crippen LogP contribution in [0.3, 0.4) is 0 Å². The molecule has 0 saturated heterocycles. The second-order valence-corrected chi connectivity index (χ2v) is 7.63. The molecule has 1 N–H and O–H groups in total. The highest BCUT2D eigenvalue weighted by molar-refractivity contribution is 5.87. The van der Waals surface area contributed by atoms with Crippen LogP contribution in [0, 0.1) is 11.6 Å². The second-order valence-electron chi connectivity index (χ2n) is 7.63. The molecule has 28 heavy (non-hydrogen) atoms. The zero-order valence-corrected chi connectivity index (χ0v) is 16.3. The van der Waals surface area contributed by atoms with Crippen molar-refractivity contribution < 1.29 is 23.1 Å². The van der Waals surface area contributed by atoms with E-state index in [-0.39, 0.29) is 24.2 Å². The van der Waals surface area contributed by atoms with Crippen molar-refractivity contribution in [1.29, 1.82) is 0 Å². The lowest BCUT2D eigenvalue weighted by atomic mass is 9.98. The van der Waals surface area contributed by atoms with Crippen molar-refractivity contribution in [3.63, 3.8) is 0 Å². The topological polar surface area (TPSA) is 55.4 Å². The molecule has 0 aliphatic rings. The number of ether oxygens (including phenoxy) is 1. The van der Waals surface area contributed by atoms with E-state index >= 15 is 0 Å². The monoisotopic (exact) mass is 389 g/mol. The van der Waals surface area contributed by atoms with E-state index in [1.165, 1.54) is 0 Å². The van der Waals surface area contributed by atoms with Gasteiger partial charge in [0.25, 0.3) is 0 Å². The summed E-state index contributed by atoms with van der Waals surface area (Å²) in [6.45, 7) is 5.13. The highest BCUT2D eigenvalue weighted by Gasteiger charge is 2.24. The third kappa shape index (κ3) is 7.47. The molecular weight excluding hydrogens is 364 g/mol. The first-order chi connectivity index (χ1) is 13.1. The Morgan fingerprint density at radius 1 is 1.00 bits per heavy atom. The molecule has 4 nitrogen and oxygen atoms in total. The number of halogens is 2. The Balaban J connectivity index is 2.12. The minimum atomic E-state index is -0.945. The van der Waals surface area contributed by atoms with Crippen LogP contribution in [0.5, 0.6) is 0 Å². The van der Waals surface area contributed by atoms with E-state index in [0.29, 0.717) is 6.42 Å². The van der Waals surface area contributed by atoms with E-state index in [1.54, 1.807) is 20.8 Å². The molecule has 150 valence electrons. The van der Waals surface area contributed by atoms with Crippen molar-refractivity contribution in [2.75, 3.05) is 0 Å². The molecule has 0 bridgehead atoms. The summed E-state index contributed by atoms with van der Waals surface area (Å²) in [4.78, 5) is 24.9. The molecule has 2 aromatic rings. The minimum Gasteiger partial charge on any atom is -0.444 e. The Hall–Kier alpha value is -2.76. The zero-order chi connectivity index (χ0) is 20.7. The fraction of sp³-hybridized carbons (Fsp3) is 0.364. The number of rotatable bonds is 7. The molecule has 0 fully saturated rings. The fourth-order valence-corrected chi connectivity index (χ4v) is 2.75. The normalized spacial score (nSPS) is 12.3. The Labute approximate surface area is 163 Å². The Morgan fingerprint density at radius 3 is 2.18 bits per heavy atom. The number of alkyl carbamates (subject to hydrolysis) is 1. The Bertz CT molecular complexity index is 796. The van der Waals surface area contributed by atoms with Crippen molar-refractivity contribution >= 4 is 11.9 Å². The molecule has 6 heteroatoms. The van der Waals surface area contributed by atoms with Crippen molar-refractivity contribution in [1.82, 2.24) is 5.32 Å². The summed E-state index contributed by atoms with van der Waals surface area (Å²) in [5, 5.41) is 2.54. The fourth-order valence-electron chi connectivity index (χ4n) is 2.75. The van der Waals surface area contributed by atoms with E-state index in [9.17, 15) is 18.4 Å². The smallest absolute Gasteiger partial charge is 0.408 e. The highest BCUT2D eigenvalue weighted by Crippen LogP contribution is 2.14. The van der Waals surface area contributed by atoms with Crippen LogP contribution in [-0.4, -0.2) is 23.5 Å². The molecule has 0 spiro atoms. The summed E-state index contributed by atoms with van der Waals surface area (Å²) in [6.07, 6.45) is -0.0875. The quantitative estimate of drug-likeness (QED) is 0.753. The van der Waals surface area contributed by atoms with Crippen LogP contribution in [-0.2, 0) is 22.4 Å². The van der Waals surface area contributed by atoms with Gasteiger partial charge in [0.05, 0.1) is 6.04 Å². The predicted molar refractivity (Wildman–Crippen MR) is 103 cm³/mol. The summed E-state index contributed by atoms with van der Waals surface area (Å²) >= 11 is 0. The maximum absolute atomic E-state index is 13.5. The van der Waals surface area contributed by atoms with Crippen molar-refractivity contribution in [3.05, 3.63) is 71.3 Å². The van der Waals surface area contributed by atoms with Gasteiger partial charge < -0.3 is 10.1 Å².